The summed E-state index contributed by atoms with van der Waals surface area (Å²) < 4.78 is 12.7. The van der Waals surface area contributed by atoms with E-state index in [1.807, 2.05) is 0 Å². The summed E-state index contributed by atoms with van der Waals surface area (Å²) in [5, 5.41) is 0.257. The number of amides is 1. The van der Waals surface area contributed by atoms with Crippen LogP contribution in [0.25, 0.3) is 0 Å². The largest absolute Gasteiger partial charge is 0.343 e. The second kappa shape index (κ2) is 4.80. The Hall–Kier alpha value is -0.120. The molecule has 0 aromatic rings. The third kappa shape index (κ3) is 2.73. The van der Waals surface area contributed by atoms with Crippen LogP contribution in [0.15, 0.2) is 0 Å². The third-order valence-electron chi connectivity index (χ3n) is 2.02. The van der Waals surface area contributed by atoms with E-state index in [4.69, 9.17) is 0 Å². The number of alkyl halides is 2. The van der Waals surface area contributed by atoms with Crippen molar-refractivity contribution >= 4 is 21.8 Å². The highest BCUT2D eigenvalue weighted by Gasteiger charge is 2.20. The zero-order valence-electron chi connectivity index (χ0n) is 6.93. The molecule has 0 N–H and O–H groups in total. The van der Waals surface area contributed by atoms with E-state index in [-0.39, 0.29) is 17.7 Å². The summed E-state index contributed by atoms with van der Waals surface area (Å²) in [5.74, 6) is -0.0422. The first-order valence-corrected chi connectivity index (χ1v) is 5.34. The molecule has 0 aromatic carbocycles. The number of nitrogens with zero attached hydrogens (tertiary/aromatic N) is 1. The van der Waals surface area contributed by atoms with Crippen molar-refractivity contribution < 1.29 is 9.18 Å². The minimum absolute atomic E-state index is 0.0330. The van der Waals surface area contributed by atoms with Crippen molar-refractivity contribution in [2.75, 3.05) is 18.4 Å². The maximum absolute atomic E-state index is 12.7. The van der Waals surface area contributed by atoms with Crippen LogP contribution >= 0.6 is 15.9 Å². The molecule has 1 rings (SSSR count). The van der Waals surface area contributed by atoms with E-state index in [9.17, 15) is 9.18 Å². The normalized spacial score (nSPS) is 19.7. The van der Waals surface area contributed by atoms with Crippen molar-refractivity contribution in [2.45, 2.75) is 25.4 Å². The van der Waals surface area contributed by atoms with Crippen LogP contribution in [0.2, 0.25) is 0 Å². The first kappa shape index (κ1) is 9.96. The van der Waals surface area contributed by atoms with E-state index in [1.54, 1.807) is 4.90 Å². The van der Waals surface area contributed by atoms with Crippen molar-refractivity contribution in [3.8, 4) is 0 Å². The Balaban J connectivity index is 2.27. The van der Waals surface area contributed by atoms with Crippen LogP contribution in [-0.2, 0) is 4.79 Å². The third-order valence-corrected chi connectivity index (χ3v) is 2.72. The second-order valence-electron chi connectivity index (χ2n) is 3.04. The molecular formula is C8H13BrFNO. The highest BCUT2D eigenvalue weighted by atomic mass is 79.9. The number of hydrogen-bond donors (Lipinski definition) is 0. The summed E-state index contributed by atoms with van der Waals surface area (Å²) in [4.78, 5) is 13.0. The van der Waals surface area contributed by atoms with E-state index in [2.05, 4.69) is 15.9 Å². The summed E-state index contributed by atoms with van der Waals surface area (Å²) in [5.41, 5.74) is 0. The van der Waals surface area contributed by atoms with Crippen LogP contribution in [0.4, 0.5) is 4.39 Å². The molecule has 1 aliphatic rings. The standard InChI is InChI=1S/C8H13BrFNO/c9-6-7(10)5-8(12)11-3-1-2-4-11/h7H,1-6H2. The van der Waals surface area contributed by atoms with Crippen LogP contribution in [0, 0.1) is 0 Å². The fourth-order valence-electron chi connectivity index (χ4n) is 1.34. The highest BCUT2D eigenvalue weighted by Crippen LogP contribution is 2.11. The van der Waals surface area contributed by atoms with Gasteiger partial charge >= 0.3 is 0 Å². The average Bonchev–Trinajstić information content (AvgIpc) is 2.56. The Morgan fingerprint density at radius 1 is 1.50 bits per heavy atom. The molecule has 12 heavy (non-hydrogen) atoms. The minimum atomic E-state index is -1.03. The molecule has 0 aliphatic carbocycles. The molecule has 1 aliphatic heterocycles. The molecule has 0 radical (unpaired) electrons. The fourth-order valence-corrected chi connectivity index (χ4v) is 1.57. The number of halogens is 2. The van der Waals surface area contributed by atoms with Gasteiger partial charge in [-0.05, 0) is 12.8 Å². The summed E-state index contributed by atoms with van der Waals surface area (Å²) in [6, 6.07) is 0. The molecule has 2 nitrogen and oxygen atoms in total. The first-order chi connectivity index (χ1) is 5.74. The highest BCUT2D eigenvalue weighted by molar-refractivity contribution is 9.09. The van der Waals surface area contributed by atoms with Crippen molar-refractivity contribution in [1.29, 1.82) is 0 Å². The SMILES string of the molecule is O=C(CC(F)CBr)N1CCCC1. The van der Waals surface area contributed by atoms with Gasteiger partial charge in [-0.1, -0.05) is 15.9 Å². The molecule has 0 saturated carbocycles. The number of carbonyl (C=O) groups excluding carboxylic acids is 1. The van der Waals surface area contributed by atoms with Crippen LogP contribution in [0.1, 0.15) is 19.3 Å². The van der Waals surface area contributed by atoms with E-state index in [0.29, 0.717) is 0 Å². The number of hydrogen-bond acceptors (Lipinski definition) is 1. The van der Waals surface area contributed by atoms with Gasteiger partial charge in [-0.15, -0.1) is 0 Å². The topological polar surface area (TPSA) is 20.3 Å². The van der Waals surface area contributed by atoms with Crippen LogP contribution in [0.5, 0.6) is 0 Å². The quantitative estimate of drug-likeness (QED) is 0.685. The summed E-state index contributed by atoms with van der Waals surface area (Å²) in [7, 11) is 0. The Kier molecular flexibility index (Phi) is 3.98. The molecule has 0 bridgehead atoms. The zero-order chi connectivity index (χ0) is 8.97. The molecule has 1 saturated heterocycles. The van der Waals surface area contributed by atoms with Gasteiger partial charge in [-0.2, -0.15) is 0 Å². The lowest BCUT2D eigenvalue weighted by Crippen LogP contribution is -2.30. The van der Waals surface area contributed by atoms with Crippen molar-refractivity contribution in [3.05, 3.63) is 0 Å². The predicted molar refractivity (Wildman–Crippen MR) is 49.1 cm³/mol. The summed E-state index contributed by atoms with van der Waals surface area (Å²) in [6.07, 6.45) is 1.14. The molecule has 0 spiro atoms. The average molecular weight is 238 g/mol. The van der Waals surface area contributed by atoms with Gasteiger partial charge < -0.3 is 4.90 Å². The molecular weight excluding hydrogens is 225 g/mol. The minimum Gasteiger partial charge on any atom is -0.343 e. The first-order valence-electron chi connectivity index (χ1n) is 4.22. The lowest BCUT2D eigenvalue weighted by Gasteiger charge is -2.15. The van der Waals surface area contributed by atoms with Crippen molar-refractivity contribution in [1.82, 2.24) is 4.90 Å². The van der Waals surface area contributed by atoms with E-state index >= 15 is 0 Å². The van der Waals surface area contributed by atoms with Gasteiger partial charge in [-0.3, -0.25) is 4.79 Å². The summed E-state index contributed by atoms with van der Waals surface area (Å²) >= 11 is 3.01. The number of carbonyl (C=O) groups is 1. The summed E-state index contributed by atoms with van der Waals surface area (Å²) in [6.45, 7) is 1.63. The molecule has 1 heterocycles. The second-order valence-corrected chi connectivity index (χ2v) is 3.69. The van der Waals surface area contributed by atoms with Crippen molar-refractivity contribution in [3.63, 3.8) is 0 Å². The van der Waals surface area contributed by atoms with E-state index in [0.717, 1.165) is 25.9 Å². The van der Waals surface area contributed by atoms with E-state index in [1.165, 1.54) is 0 Å². The molecule has 1 amide bonds. The number of likely N-dealkylation sites (tertiary alicyclic amines) is 1. The molecule has 70 valence electrons. The Labute approximate surface area is 80.2 Å². The fraction of sp³-hybridized carbons (Fsp3) is 0.875. The molecule has 0 aromatic heterocycles. The van der Waals surface area contributed by atoms with Crippen LogP contribution in [0.3, 0.4) is 0 Å². The van der Waals surface area contributed by atoms with Gasteiger partial charge in [-0.25, -0.2) is 4.39 Å². The van der Waals surface area contributed by atoms with Gasteiger partial charge in [0.1, 0.15) is 6.17 Å². The molecule has 1 unspecified atom stereocenters. The van der Waals surface area contributed by atoms with Crippen molar-refractivity contribution in [2.24, 2.45) is 0 Å². The molecule has 4 heteroatoms. The zero-order valence-corrected chi connectivity index (χ0v) is 8.52. The smallest absolute Gasteiger partial charge is 0.225 e. The van der Waals surface area contributed by atoms with E-state index < -0.39 is 6.17 Å². The maximum Gasteiger partial charge on any atom is 0.225 e. The maximum atomic E-state index is 12.7. The lowest BCUT2D eigenvalue weighted by molar-refractivity contribution is -0.131. The Morgan fingerprint density at radius 2 is 2.08 bits per heavy atom. The lowest BCUT2D eigenvalue weighted by atomic mass is 10.3. The Morgan fingerprint density at radius 3 is 2.58 bits per heavy atom. The molecule has 1 fully saturated rings. The Bertz CT molecular complexity index is 159. The van der Waals surface area contributed by atoms with Crippen LogP contribution in [-0.4, -0.2) is 35.4 Å². The number of rotatable bonds is 3. The van der Waals surface area contributed by atoms with Crippen LogP contribution < -0.4 is 0 Å². The van der Waals surface area contributed by atoms with Gasteiger partial charge in [0, 0.05) is 18.4 Å². The monoisotopic (exact) mass is 237 g/mol. The van der Waals surface area contributed by atoms with Gasteiger partial charge in [0.15, 0.2) is 0 Å². The molecule has 1 atom stereocenters. The predicted octanol–water partition coefficient (Wildman–Crippen LogP) is 1.73. The van der Waals surface area contributed by atoms with Gasteiger partial charge in [0.2, 0.25) is 5.91 Å². The van der Waals surface area contributed by atoms with Gasteiger partial charge in [0.05, 0.1) is 6.42 Å². The van der Waals surface area contributed by atoms with Gasteiger partial charge in [0.25, 0.3) is 0 Å².